The van der Waals surface area contributed by atoms with Gasteiger partial charge < -0.3 is 10.1 Å². The number of aromatic nitrogens is 3. The quantitative estimate of drug-likeness (QED) is 0.433. The summed E-state index contributed by atoms with van der Waals surface area (Å²) in [5, 5.41) is 12.6. The lowest BCUT2D eigenvalue weighted by Crippen LogP contribution is -2.20. The van der Waals surface area contributed by atoms with E-state index in [2.05, 4.69) is 29.4 Å². The van der Waals surface area contributed by atoms with Crippen LogP contribution in [0.4, 0.5) is 5.69 Å². The maximum absolute atomic E-state index is 12.4. The predicted molar refractivity (Wildman–Crippen MR) is 123 cm³/mol. The Morgan fingerprint density at radius 2 is 1.68 bits per heavy atom. The highest BCUT2D eigenvalue weighted by Gasteiger charge is 2.11. The first-order valence-corrected chi connectivity index (χ1v) is 10.4. The second kappa shape index (κ2) is 8.78. The topological polar surface area (TPSA) is 69.0 Å². The van der Waals surface area contributed by atoms with Crippen LogP contribution >= 0.6 is 11.6 Å². The van der Waals surface area contributed by atoms with Gasteiger partial charge in [-0.2, -0.15) is 4.80 Å². The van der Waals surface area contributed by atoms with E-state index >= 15 is 0 Å². The van der Waals surface area contributed by atoms with Crippen LogP contribution in [-0.4, -0.2) is 27.5 Å². The second-order valence-corrected chi connectivity index (χ2v) is 8.12. The summed E-state index contributed by atoms with van der Waals surface area (Å²) in [6.07, 6.45) is 0. The number of benzene rings is 3. The normalized spacial score (nSPS) is 11.1. The maximum atomic E-state index is 12.4. The van der Waals surface area contributed by atoms with Crippen molar-refractivity contribution in [1.29, 1.82) is 0 Å². The van der Waals surface area contributed by atoms with E-state index in [0.717, 1.165) is 16.8 Å². The number of hydrogen-bond acceptors (Lipinski definition) is 4. The lowest BCUT2D eigenvalue weighted by molar-refractivity contribution is -0.118. The van der Waals surface area contributed by atoms with Gasteiger partial charge in [-0.25, -0.2) is 0 Å². The Morgan fingerprint density at radius 3 is 2.32 bits per heavy atom. The Hall–Kier alpha value is -3.38. The van der Waals surface area contributed by atoms with Crippen LogP contribution in [-0.2, 0) is 4.79 Å². The number of carbonyl (C=O) groups excluding carboxylic acids is 1. The highest BCUT2D eigenvalue weighted by Crippen LogP contribution is 2.23. The van der Waals surface area contributed by atoms with Crippen LogP contribution in [0.15, 0.2) is 60.7 Å². The first-order chi connectivity index (χ1) is 14.9. The number of carbonyl (C=O) groups is 1. The minimum Gasteiger partial charge on any atom is -0.484 e. The lowest BCUT2D eigenvalue weighted by atomic mass is 10.0. The van der Waals surface area contributed by atoms with Crippen molar-refractivity contribution in [3.63, 3.8) is 0 Å². The monoisotopic (exact) mass is 434 g/mol. The Bertz CT molecular complexity index is 1220. The molecule has 0 aliphatic heterocycles. The lowest BCUT2D eigenvalue weighted by Gasteiger charge is -2.10. The van der Waals surface area contributed by atoms with E-state index in [0.29, 0.717) is 27.9 Å². The molecule has 0 radical (unpaired) electrons. The summed E-state index contributed by atoms with van der Waals surface area (Å²) < 4.78 is 5.62. The number of aryl methyl sites for hydroxylation is 1. The summed E-state index contributed by atoms with van der Waals surface area (Å²) in [7, 11) is 0. The van der Waals surface area contributed by atoms with Crippen LogP contribution in [0, 0.1) is 6.92 Å². The van der Waals surface area contributed by atoms with Crippen LogP contribution in [0.5, 0.6) is 5.75 Å². The van der Waals surface area contributed by atoms with E-state index < -0.39 is 0 Å². The molecule has 1 N–H and O–H groups in total. The van der Waals surface area contributed by atoms with Crippen molar-refractivity contribution in [2.75, 3.05) is 11.9 Å². The molecule has 0 saturated carbocycles. The molecule has 0 unspecified atom stereocenters. The molecule has 1 heterocycles. The van der Waals surface area contributed by atoms with Crippen molar-refractivity contribution in [2.24, 2.45) is 0 Å². The Labute approximate surface area is 185 Å². The number of rotatable bonds is 6. The van der Waals surface area contributed by atoms with Gasteiger partial charge in [-0.1, -0.05) is 37.6 Å². The van der Waals surface area contributed by atoms with E-state index in [1.54, 1.807) is 16.9 Å². The smallest absolute Gasteiger partial charge is 0.262 e. The first kappa shape index (κ1) is 20.9. The Kier molecular flexibility index (Phi) is 5.91. The average Bonchev–Trinajstić information content (AvgIpc) is 3.16. The first-order valence-electron chi connectivity index (χ1n) is 10.1. The van der Waals surface area contributed by atoms with Gasteiger partial charge in [-0.05, 0) is 72.5 Å². The van der Waals surface area contributed by atoms with E-state index in [1.807, 2.05) is 55.5 Å². The molecule has 0 fully saturated rings. The maximum Gasteiger partial charge on any atom is 0.262 e. The van der Waals surface area contributed by atoms with Crippen LogP contribution < -0.4 is 10.1 Å². The number of nitrogens with zero attached hydrogens (tertiary/aromatic N) is 3. The molecule has 4 aromatic rings. The standard InChI is InChI=1S/C24H23ClN4O2/c1-15(2)17-4-10-20(11-5-17)31-14-24(30)26-21-13-23-22(12-16(21)3)27-29(28-23)19-8-6-18(25)7-9-19/h4-13,15H,14H2,1-3H3,(H,26,30). The third-order valence-electron chi connectivity index (χ3n) is 4.97. The number of nitrogens with one attached hydrogen (secondary N) is 1. The molecule has 7 heteroatoms. The van der Waals surface area contributed by atoms with Gasteiger partial charge in [0.1, 0.15) is 16.8 Å². The molecule has 31 heavy (non-hydrogen) atoms. The number of anilines is 1. The van der Waals surface area contributed by atoms with E-state index in [1.165, 1.54) is 5.56 Å². The third kappa shape index (κ3) is 4.86. The molecular weight excluding hydrogens is 412 g/mol. The minimum absolute atomic E-state index is 0.0734. The van der Waals surface area contributed by atoms with Gasteiger partial charge >= 0.3 is 0 Å². The summed E-state index contributed by atoms with van der Waals surface area (Å²) in [6.45, 7) is 6.12. The highest BCUT2D eigenvalue weighted by molar-refractivity contribution is 6.30. The second-order valence-electron chi connectivity index (χ2n) is 7.68. The third-order valence-corrected chi connectivity index (χ3v) is 5.23. The molecule has 3 aromatic carbocycles. The van der Waals surface area contributed by atoms with E-state index in [4.69, 9.17) is 16.3 Å². The summed E-state index contributed by atoms with van der Waals surface area (Å²) in [5.41, 5.74) is 5.03. The molecular formula is C24H23ClN4O2. The number of ether oxygens (including phenoxy) is 1. The highest BCUT2D eigenvalue weighted by atomic mass is 35.5. The van der Waals surface area contributed by atoms with Gasteiger partial charge in [-0.3, -0.25) is 4.79 Å². The van der Waals surface area contributed by atoms with Crippen molar-refractivity contribution < 1.29 is 9.53 Å². The summed E-state index contributed by atoms with van der Waals surface area (Å²) in [6, 6.07) is 18.8. The zero-order chi connectivity index (χ0) is 22.0. The zero-order valence-corrected chi connectivity index (χ0v) is 18.3. The minimum atomic E-state index is -0.236. The molecule has 0 bridgehead atoms. The molecule has 158 valence electrons. The van der Waals surface area contributed by atoms with Gasteiger partial charge in [0.15, 0.2) is 6.61 Å². The van der Waals surface area contributed by atoms with Crippen LogP contribution in [0.25, 0.3) is 16.7 Å². The fourth-order valence-corrected chi connectivity index (χ4v) is 3.30. The SMILES string of the molecule is Cc1cc2nn(-c3ccc(Cl)cc3)nc2cc1NC(=O)COc1ccc(C(C)C)cc1. The predicted octanol–water partition coefficient (Wildman–Crippen LogP) is 5.52. The van der Waals surface area contributed by atoms with Crippen molar-refractivity contribution in [1.82, 2.24) is 15.0 Å². The van der Waals surface area contributed by atoms with E-state index in [9.17, 15) is 4.79 Å². The van der Waals surface area contributed by atoms with Crippen LogP contribution in [0.2, 0.25) is 5.02 Å². The molecule has 0 aliphatic carbocycles. The number of halogens is 1. The van der Waals surface area contributed by atoms with Crippen molar-refractivity contribution in [3.05, 3.63) is 76.8 Å². The van der Waals surface area contributed by atoms with Gasteiger partial charge in [0, 0.05) is 10.7 Å². The fourth-order valence-electron chi connectivity index (χ4n) is 3.18. The Morgan fingerprint density at radius 1 is 1.03 bits per heavy atom. The number of hydrogen-bond donors (Lipinski definition) is 1. The van der Waals surface area contributed by atoms with Crippen LogP contribution in [0.3, 0.4) is 0 Å². The molecule has 6 nitrogen and oxygen atoms in total. The molecule has 4 rings (SSSR count). The molecule has 0 spiro atoms. The zero-order valence-electron chi connectivity index (χ0n) is 17.6. The van der Waals surface area contributed by atoms with Crippen molar-refractivity contribution in [3.8, 4) is 11.4 Å². The van der Waals surface area contributed by atoms with Gasteiger partial charge in [-0.15, -0.1) is 10.2 Å². The summed E-state index contributed by atoms with van der Waals surface area (Å²) in [5.74, 6) is 0.881. The van der Waals surface area contributed by atoms with Crippen molar-refractivity contribution in [2.45, 2.75) is 26.7 Å². The van der Waals surface area contributed by atoms with E-state index in [-0.39, 0.29) is 12.5 Å². The van der Waals surface area contributed by atoms with Gasteiger partial charge in [0.2, 0.25) is 0 Å². The fraction of sp³-hybridized carbons (Fsp3) is 0.208. The van der Waals surface area contributed by atoms with Gasteiger partial charge in [0.25, 0.3) is 5.91 Å². The molecule has 1 amide bonds. The number of amides is 1. The molecule has 0 saturated heterocycles. The Balaban J connectivity index is 1.45. The summed E-state index contributed by atoms with van der Waals surface area (Å²) >= 11 is 5.95. The van der Waals surface area contributed by atoms with Crippen LogP contribution in [0.1, 0.15) is 30.9 Å². The van der Waals surface area contributed by atoms with Crippen molar-refractivity contribution >= 4 is 34.2 Å². The number of fused-ring (bicyclic) bond motifs is 1. The largest absolute Gasteiger partial charge is 0.484 e. The molecule has 1 aromatic heterocycles. The molecule has 0 aliphatic rings. The summed E-state index contributed by atoms with van der Waals surface area (Å²) in [4.78, 5) is 14.0. The van der Waals surface area contributed by atoms with Gasteiger partial charge in [0.05, 0.1) is 5.69 Å². The molecule has 0 atom stereocenters. The average molecular weight is 435 g/mol.